The van der Waals surface area contributed by atoms with Gasteiger partial charge in [-0.15, -0.1) is 0 Å². The molecule has 0 aromatic rings. The van der Waals surface area contributed by atoms with E-state index in [9.17, 15) is 9.59 Å². The van der Waals surface area contributed by atoms with Gasteiger partial charge in [0.15, 0.2) is 10.5 Å². The molecule has 0 radical (unpaired) electrons. The average Bonchev–Trinajstić information content (AvgIpc) is 2.63. The van der Waals surface area contributed by atoms with Gasteiger partial charge in [0.05, 0.1) is 6.61 Å². The summed E-state index contributed by atoms with van der Waals surface area (Å²) < 4.78 is 10.1. The highest BCUT2D eigenvalue weighted by molar-refractivity contribution is 7.80. The van der Waals surface area contributed by atoms with Crippen LogP contribution in [-0.2, 0) is 19.1 Å². The molecular formula is C12H19N3O4S. The Labute approximate surface area is 122 Å². The summed E-state index contributed by atoms with van der Waals surface area (Å²) in [6, 6.07) is 0. The first-order valence-electron chi connectivity index (χ1n) is 6.28. The van der Waals surface area contributed by atoms with E-state index in [2.05, 4.69) is 22.7 Å². The maximum atomic E-state index is 12.1. The van der Waals surface area contributed by atoms with Gasteiger partial charge < -0.3 is 15.2 Å². The maximum Gasteiger partial charge on any atom is 0.324 e. The van der Waals surface area contributed by atoms with Crippen molar-refractivity contribution in [3.63, 3.8) is 0 Å². The quantitative estimate of drug-likeness (QED) is 0.250. The van der Waals surface area contributed by atoms with Crippen LogP contribution in [0.3, 0.4) is 0 Å². The molecule has 2 unspecified atom stereocenters. The highest BCUT2D eigenvalue weighted by Crippen LogP contribution is 2.39. The fraction of sp³-hybridized carbons (Fsp3) is 0.667. The lowest BCUT2D eigenvalue weighted by Gasteiger charge is -2.22. The van der Waals surface area contributed by atoms with E-state index in [1.165, 1.54) is 0 Å². The predicted molar refractivity (Wildman–Crippen MR) is 76.9 cm³/mol. The lowest BCUT2D eigenvalue weighted by atomic mass is 9.80. The Kier molecular flexibility index (Phi) is 5.43. The molecule has 8 heteroatoms. The summed E-state index contributed by atoms with van der Waals surface area (Å²) >= 11 is 4.64. The third-order valence-corrected chi connectivity index (χ3v) is 3.01. The number of cyclic esters (lactones) is 1. The molecule has 1 rings (SSSR count). The summed E-state index contributed by atoms with van der Waals surface area (Å²) in [7, 11) is 0. The van der Waals surface area contributed by atoms with Crippen molar-refractivity contribution >= 4 is 35.0 Å². The molecule has 0 aromatic carbocycles. The minimum absolute atomic E-state index is 0.0110. The van der Waals surface area contributed by atoms with E-state index in [1.807, 2.05) is 0 Å². The van der Waals surface area contributed by atoms with E-state index < -0.39 is 17.4 Å². The van der Waals surface area contributed by atoms with Gasteiger partial charge in [0.25, 0.3) is 0 Å². The molecule has 0 spiro atoms. The SMILES string of the molecule is CCOC(=O)C1(CC(C)=NNC(N)=S)CC(C)OC1=O. The van der Waals surface area contributed by atoms with E-state index >= 15 is 0 Å². The number of rotatable bonds is 5. The molecule has 7 nitrogen and oxygen atoms in total. The summed E-state index contributed by atoms with van der Waals surface area (Å²) in [6.07, 6.45) is 0.0399. The number of esters is 2. The molecule has 0 aliphatic carbocycles. The topological polar surface area (TPSA) is 103 Å². The molecule has 1 aliphatic rings. The first kappa shape index (κ1) is 16.4. The lowest BCUT2D eigenvalue weighted by molar-refractivity contribution is -0.164. The molecule has 1 saturated heterocycles. The van der Waals surface area contributed by atoms with Crippen LogP contribution in [0.1, 0.15) is 33.6 Å². The van der Waals surface area contributed by atoms with Crippen molar-refractivity contribution in [3.8, 4) is 0 Å². The van der Waals surface area contributed by atoms with Crippen LogP contribution in [0.25, 0.3) is 0 Å². The Bertz CT molecular complexity index is 452. The molecule has 0 saturated carbocycles. The van der Waals surface area contributed by atoms with Crippen LogP contribution in [0.15, 0.2) is 5.10 Å². The molecule has 20 heavy (non-hydrogen) atoms. The summed E-state index contributed by atoms with van der Waals surface area (Å²) in [4.78, 5) is 24.2. The van der Waals surface area contributed by atoms with Gasteiger partial charge in [-0.2, -0.15) is 5.10 Å². The van der Waals surface area contributed by atoms with Gasteiger partial charge in [-0.25, -0.2) is 0 Å². The van der Waals surface area contributed by atoms with Crippen molar-refractivity contribution in [2.75, 3.05) is 6.61 Å². The zero-order chi connectivity index (χ0) is 15.3. The number of hydrogen-bond donors (Lipinski definition) is 2. The summed E-state index contributed by atoms with van der Waals surface area (Å²) in [5.41, 5.74) is 6.87. The van der Waals surface area contributed by atoms with E-state index in [1.54, 1.807) is 20.8 Å². The third-order valence-electron chi connectivity index (χ3n) is 2.92. The van der Waals surface area contributed by atoms with Crippen LogP contribution in [0.5, 0.6) is 0 Å². The molecule has 3 N–H and O–H groups in total. The van der Waals surface area contributed by atoms with Crippen LogP contribution >= 0.6 is 12.2 Å². The third kappa shape index (κ3) is 3.66. The van der Waals surface area contributed by atoms with Crippen LogP contribution in [0.4, 0.5) is 0 Å². The number of nitrogens with one attached hydrogen (secondary N) is 1. The van der Waals surface area contributed by atoms with E-state index in [0.717, 1.165) is 0 Å². The van der Waals surface area contributed by atoms with Crippen molar-refractivity contribution in [1.82, 2.24) is 5.43 Å². The van der Waals surface area contributed by atoms with Gasteiger partial charge in [0.2, 0.25) is 0 Å². The number of thiocarbonyl (C=S) groups is 1. The molecular weight excluding hydrogens is 282 g/mol. The normalized spacial score (nSPS) is 26.1. The van der Waals surface area contributed by atoms with Crippen molar-refractivity contribution in [2.24, 2.45) is 16.3 Å². The Balaban J connectivity index is 2.95. The molecule has 0 bridgehead atoms. The number of carbonyl (C=O) groups is 2. The average molecular weight is 301 g/mol. The van der Waals surface area contributed by atoms with E-state index in [-0.39, 0.29) is 30.7 Å². The zero-order valence-corrected chi connectivity index (χ0v) is 12.6. The number of hydrazone groups is 1. The van der Waals surface area contributed by atoms with Gasteiger partial charge in [-0.3, -0.25) is 15.0 Å². The fourth-order valence-electron chi connectivity index (χ4n) is 2.19. The zero-order valence-electron chi connectivity index (χ0n) is 11.8. The smallest absolute Gasteiger partial charge is 0.324 e. The van der Waals surface area contributed by atoms with E-state index in [0.29, 0.717) is 5.71 Å². The van der Waals surface area contributed by atoms with Crippen molar-refractivity contribution in [1.29, 1.82) is 0 Å². The first-order chi connectivity index (χ1) is 9.31. The van der Waals surface area contributed by atoms with Crippen LogP contribution in [-0.4, -0.2) is 35.5 Å². The Morgan fingerprint density at radius 2 is 2.35 bits per heavy atom. The monoisotopic (exact) mass is 301 g/mol. The number of nitrogens with zero attached hydrogens (tertiary/aromatic N) is 1. The minimum atomic E-state index is -1.33. The lowest BCUT2D eigenvalue weighted by Crippen LogP contribution is -2.39. The second kappa shape index (κ2) is 6.65. The second-order valence-electron chi connectivity index (χ2n) is 4.72. The van der Waals surface area contributed by atoms with Crippen LogP contribution < -0.4 is 11.2 Å². The van der Waals surface area contributed by atoms with Crippen LogP contribution in [0, 0.1) is 5.41 Å². The van der Waals surface area contributed by atoms with Gasteiger partial charge in [-0.05, 0) is 33.0 Å². The van der Waals surface area contributed by atoms with Crippen molar-refractivity contribution < 1.29 is 19.1 Å². The van der Waals surface area contributed by atoms with Gasteiger partial charge in [0, 0.05) is 18.6 Å². The molecule has 1 fully saturated rings. The van der Waals surface area contributed by atoms with E-state index in [4.69, 9.17) is 15.2 Å². The highest BCUT2D eigenvalue weighted by atomic mass is 32.1. The van der Waals surface area contributed by atoms with Crippen molar-refractivity contribution in [3.05, 3.63) is 0 Å². The first-order valence-corrected chi connectivity index (χ1v) is 6.69. The maximum absolute atomic E-state index is 12.1. The molecule has 0 aromatic heterocycles. The van der Waals surface area contributed by atoms with Gasteiger partial charge >= 0.3 is 11.9 Å². The fourth-order valence-corrected chi connectivity index (χ4v) is 2.24. The van der Waals surface area contributed by atoms with Crippen molar-refractivity contribution in [2.45, 2.75) is 39.7 Å². The largest absolute Gasteiger partial charge is 0.465 e. The Hall–Kier alpha value is -1.70. The predicted octanol–water partition coefficient (Wildman–Crippen LogP) is 0.471. The van der Waals surface area contributed by atoms with Gasteiger partial charge in [0.1, 0.15) is 6.10 Å². The molecule has 112 valence electrons. The number of hydrogen-bond acceptors (Lipinski definition) is 6. The standard InChI is InChI=1S/C12H19N3O4S/c1-4-18-9(16)12(6-8(3)19-10(12)17)5-7(2)14-15-11(13)20/h8H,4-6H2,1-3H3,(H3,13,15,20). The number of nitrogens with two attached hydrogens (primary N) is 1. The Morgan fingerprint density at radius 1 is 1.70 bits per heavy atom. The highest BCUT2D eigenvalue weighted by Gasteiger charge is 2.55. The number of carbonyl (C=O) groups excluding carboxylic acids is 2. The number of ether oxygens (including phenoxy) is 2. The Morgan fingerprint density at radius 3 is 2.80 bits per heavy atom. The molecule has 2 atom stereocenters. The second-order valence-corrected chi connectivity index (χ2v) is 5.16. The summed E-state index contributed by atoms with van der Waals surface area (Å²) in [6.45, 7) is 5.29. The molecule has 1 heterocycles. The minimum Gasteiger partial charge on any atom is -0.465 e. The van der Waals surface area contributed by atoms with Gasteiger partial charge in [-0.1, -0.05) is 0 Å². The molecule has 1 aliphatic heterocycles. The summed E-state index contributed by atoms with van der Waals surface area (Å²) in [5, 5.41) is 3.93. The molecule has 0 amide bonds. The van der Waals surface area contributed by atoms with Crippen LogP contribution in [0.2, 0.25) is 0 Å². The summed E-state index contributed by atoms with van der Waals surface area (Å²) in [5.74, 6) is -1.16.